The monoisotopic (exact) mass is 263 g/mol. The van der Waals surface area contributed by atoms with Crippen molar-refractivity contribution in [3.8, 4) is 5.75 Å². The molecular formula is C15H25N3O. The summed E-state index contributed by atoms with van der Waals surface area (Å²) >= 11 is 0. The maximum absolute atomic E-state index is 5.88. The molecule has 1 aliphatic rings. The van der Waals surface area contributed by atoms with Crippen molar-refractivity contribution in [2.24, 2.45) is 5.92 Å². The van der Waals surface area contributed by atoms with Crippen molar-refractivity contribution in [1.82, 2.24) is 9.80 Å². The number of ether oxygens (including phenoxy) is 1. The van der Waals surface area contributed by atoms with Gasteiger partial charge in [-0.1, -0.05) is 6.92 Å². The van der Waals surface area contributed by atoms with E-state index in [1.54, 1.807) is 7.11 Å². The van der Waals surface area contributed by atoms with E-state index in [1.807, 2.05) is 18.2 Å². The molecule has 1 aromatic carbocycles. The smallest absolute Gasteiger partial charge is 0.123 e. The van der Waals surface area contributed by atoms with Gasteiger partial charge < -0.3 is 15.4 Å². The highest BCUT2D eigenvalue weighted by molar-refractivity contribution is 5.47. The molecule has 0 aliphatic carbocycles. The minimum atomic E-state index is 0.632. The largest absolute Gasteiger partial charge is 0.496 e. The molecule has 2 atom stereocenters. The number of benzene rings is 1. The van der Waals surface area contributed by atoms with Crippen LogP contribution in [0.15, 0.2) is 18.2 Å². The van der Waals surface area contributed by atoms with Crippen molar-refractivity contribution >= 4 is 5.69 Å². The minimum absolute atomic E-state index is 0.632. The van der Waals surface area contributed by atoms with E-state index >= 15 is 0 Å². The van der Waals surface area contributed by atoms with Crippen LogP contribution in [0.5, 0.6) is 5.75 Å². The number of methoxy groups -OCH3 is 1. The van der Waals surface area contributed by atoms with Crippen molar-refractivity contribution < 1.29 is 4.74 Å². The first-order valence-corrected chi connectivity index (χ1v) is 6.82. The van der Waals surface area contributed by atoms with E-state index in [1.165, 1.54) is 5.56 Å². The molecular weight excluding hydrogens is 238 g/mol. The highest BCUT2D eigenvalue weighted by atomic mass is 16.5. The zero-order valence-corrected chi connectivity index (χ0v) is 12.4. The summed E-state index contributed by atoms with van der Waals surface area (Å²) in [7, 11) is 6.03. The predicted octanol–water partition coefficient (Wildman–Crippen LogP) is 1.66. The molecule has 0 aromatic heterocycles. The van der Waals surface area contributed by atoms with Gasteiger partial charge in [-0.2, -0.15) is 0 Å². The second kappa shape index (κ2) is 5.80. The number of anilines is 1. The average molecular weight is 263 g/mol. The third kappa shape index (κ3) is 3.19. The van der Waals surface area contributed by atoms with E-state index in [4.69, 9.17) is 10.5 Å². The minimum Gasteiger partial charge on any atom is -0.496 e. The first-order valence-electron chi connectivity index (χ1n) is 6.82. The van der Waals surface area contributed by atoms with Gasteiger partial charge in [-0.25, -0.2) is 0 Å². The van der Waals surface area contributed by atoms with Crippen molar-refractivity contribution in [3.05, 3.63) is 23.8 Å². The Morgan fingerprint density at radius 2 is 2.11 bits per heavy atom. The van der Waals surface area contributed by atoms with Crippen molar-refractivity contribution in [3.63, 3.8) is 0 Å². The van der Waals surface area contributed by atoms with Crippen LogP contribution in [-0.2, 0) is 6.54 Å². The summed E-state index contributed by atoms with van der Waals surface area (Å²) in [5.41, 5.74) is 7.85. The summed E-state index contributed by atoms with van der Waals surface area (Å²) in [6, 6.07) is 6.49. The lowest BCUT2D eigenvalue weighted by Crippen LogP contribution is -2.34. The van der Waals surface area contributed by atoms with E-state index in [-0.39, 0.29) is 0 Å². The molecule has 0 radical (unpaired) electrons. The van der Waals surface area contributed by atoms with E-state index in [9.17, 15) is 0 Å². The zero-order valence-electron chi connectivity index (χ0n) is 12.4. The standard InChI is InChI=1S/C15H25N3O/c1-11-8-18(10-14(11)17(2)3)9-12-7-13(16)5-6-15(12)19-4/h5-7,11,14H,8-10,16H2,1-4H3. The first-order chi connectivity index (χ1) is 9.01. The molecule has 19 heavy (non-hydrogen) atoms. The molecule has 1 saturated heterocycles. The van der Waals surface area contributed by atoms with Gasteiger partial charge in [-0.05, 0) is 38.2 Å². The van der Waals surface area contributed by atoms with E-state index < -0.39 is 0 Å². The Hall–Kier alpha value is -1.26. The van der Waals surface area contributed by atoms with Crippen LogP contribution in [0.4, 0.5) is 5.69 Å². The van der Waals surface area contributed by atoms with Gasteiger partial charge in [0.1, 0.15) is 5.75 Å². The fraction of sp³-hybridized carbons (Fsp3) is 0.600. The summed E-state index contributed by atoms with van der Waals surface area (Å²) in [4.78, 5) is 4.80. The predicted molar refractivity (Wildman–Crippen MR) is 79.3 cm³/mol. The van der Waals surface area contributed by atoms with Crippen molar-refractivity contribution in [2.75, 3.05) is 40.0 Å². The zero-order chi connectivity index (χ0) is 14.0. The number of nitrogen functional groups attached to an aromatic ring is 1. The number of hydrogen-bond acceptors (Lipinski definition) is 4. The molecule has 106 valence electrons. The van der Waals surface area contributed by atoms with Crippen molar-refractivity contribution in [2.45, 2.75) is 19.5 Å². The topological polar surface area (TPSA) is 41.7 Å². The van der Waals surface area contributed by atoms with Crippen LogP contribution >= 0.6 is 0 Å². The van der Waals surface area contributed by atoms with Gasteiger partial charge in [-0.3, -0.25) is 4.90 Å². The third-order valence-electron chi connectivity index (χ3n) is 4.01. The fourth-order valence-electron chi connectivity index (χ4n) is 3.01. The Morgan fingerprint density at radius 1 is 1.37 bits per heavy atom. The second-order valence-corrected chi connectivity index (χ2v) is 5.77. The lowest BCUT2D eigenvalue weighted by Gasteiger charge is -2.23. The Balaban J connectivity index is 2.08. The summed E-state index contributed by atoms with van der Waals surface area (Å²) in [6.45, 7) is 5.46. The van der Waals surface area contributed by atoms with Gasteiger partial charge in [0, 0.05) is 36.9 Å². The molecule has 0 bridgehead atoms. The molecule has 1 aromatic rings. The van der Waals surface area contributed by atoms with Crippen LogP contribution < -0.4 is 10.5 Å². The summed E-state index contributed by atoms with van der Waals surface area (Å²) in [6.07, 6.45) is 0. The van der Waals surface area contributed by atoms with Gasteiger partial charge in [0.2, 0.25) is 0 Å². The van der Waals surface area contributed by atoms with Gasteiger partial charge >= 0.3 is 0 Å². The molecule has 4 nitrogen and oxygen atoms in total. The van der Waals surface area contributed by atoms with Crippen LogP contribution in [0, 0.1) is 5.92 Å². The number of likely N-dealkylation sites (tertiary alicyclic amines) is 1. The Kier molecular flexibility index (Phi) is 4.32. The summed E-state index contributed by atoms with van der Waals surface area (Å²) in [5, 5.41) is 0. The lowest BCUT2D eigenvalue weighted by atomic mass is 10.1. The van der Waals surface area contributed by atoms with E-state index in [0.29, 0.717) is 12.0 Å². The molecule has 0 spiro atoms. The second-order valence-electron chi connectivity index (χ2n) is 5.77. The maximum atomic E-state index is 5.88. The van der Waals surface area contributed by atoms with Crippen LogP contribution in [0.2, 0.25) is 0 Å². The molecule has 2 N–H and O–H groups in total. The van der Waals surface area contributed by atoms with Gasteiger partial charge in [0.25, 0.3) is 0 Å². The molecule has 4 heteroatoms. The highest BCUT2D eigenvalue weighted by Gasteiger charge is 2.31. The summed E-state index contributed by atoms with van der Waals surface area (Å²) < 4.78 is 5.42. The number of nitrogens with zero attached hydrogens (tertiary/aromatic N) is 2. The van der Waals surface area contributed by atoms with Gasteiger partial charge in [0.15, 0.2) is 0 Å². The number of likely N-dealkylation sites (N-methyl/N-ethyl adjacent to an activating group) is 1. The average Bonchev–Trinajstić information content (AvgIpc) is 2.71. The van der Waals surface area contributed by atoms with Crippen molar-refractivity contribution in [1.29, 1.82) is 0 Å². The van der Waals surface area contributed by atoms with E-state index in [2.05, 4.69) is 30.8 Å². The summed E-state index contributed by atoms with van der Waals surface area (Å²) in [5.74, 6) is 1.62. The molecule has 0 saturated carbocycles. The Bertz CT molecular complexity index is 433. The number of nitrogens with two attached hydrogens (primary N) is 1. The maximum Gasteiger partial charge on any atom is 0.123 e. The van der Waals surface area contributed by atoms with Crippen LogP contribution in [0.3, 0.4) is 0 Å². The molecule has 1 fully saturated rings. The third-order valence-corrected chi connectivity index (χ3v) is 4.01. The van der Waals surface area contributed by atoms with E-state index in [0.717, 1.165) is 31.1 Å². The van der Waals surface area contributed by atoms with Crippen LogP contribution in [-0.4, -0.2) is 50.1 Å². The molecule has 0 amide bonds. The fourth-order valence-corrected chi connectivity index (χ4v) is 3.01. The van der Waals surface area contributed by atoms with Gasteiger partial charge in [0.05, 0.1) is 7.11 Å². The lowest BCUT2D eigenvalue weighted by molar-refractivity contribution is 0.249. The quantitative estimate of drug-likeness (QED) is 0.839. The molecule has 1 heterocycles. The van der Waals surface area contributed by atoms with Crippen LogP contribution in [0.25, 0.3) is 0 Å². The highest BCUT2D eigenvalue weighted by Crippen LogP contribution is 2.26. The molecule has 2 rings (SSSR count). The normalized spacial score (nSPS) is 24.1. The number of rotatable bonds is 4. The SMILES string of the molecule is COc1ccc(N)cc1CN1CC(C)C(N(C)C)C1. The Labute approximate surface area is 116 Å². The van der Waals surface area contributed by atoms with Crippen LogP contribution in [0.1, 0.15) is 12.5 Å². The number of hydrogen-bond donors (Lipinski definition) is 1. The molecule has 1 aliphatic heterocycles. The first kappa shape index (κ1) is 14.2. The molecule has 2 unspecified atom stereocenters. The van der Waals surface area contributed by atoms with Gasteiger partial charge in [-0.15, -0.1) is 0 Å². The Morgan fingerprint density at radius 3 is 2.68 bits per heavy atom.